The molecule has 172 valence electrons. The van der Waals surface area contributed by atoms with E-state index in [0.29, 0.717) is 34.9 Å². The average molecular weight is 475 g/mol. The molecule has 1 aliphatic rings. The Kier molecular flexibility index (Phi) is 6.63. The summed E-state index contributed by atoms with van der Waals surface area (Å²) in [5.41, 5.74) is 2.09. The minimum absolute atomic E-state index is 0.0281. The molecule has 0 aromatic heterocycles. The minimum atomic E-state index is -4.41. The van der Waals surface area contributed by atoms with Gasteiger partial charge in [0.15, 0.2) is 11.5 Å². The van der Waals surface area contributed by atoms with Crippen molar-refractivity contribution in [2.24, 2.45) is 4.99 Å². The SMILES string of the molecule is CCOc1cccc(C2CC(c3ccc(Cl)cc3)=NC(c3ccc(C(F)(F)F)cc3)N2)c1O. The van der Waals surface area contributed by atoms with E-state index >= 15 is 0 Å². The number of benzene rings is 3. The van der Waals surface area contributed by atoms with Gasteiger partial charge < -0.3 is 9.84 Å². The van der Waals surface area contributed by atoms with E-state index in [2.05, 4.69) is 5.32 Å². The van der Waals surface area contributed by atoms with Gasteiger partial charge in [0.2, 0.25) is 0 Å². The van der Waals surface area contributed by atoms with Crippen LogP contribution in [-0.2, 0) is 6.18 Å². The van der Waals surface area contributed by atoms with Crippen LogP contribution in [0.1, 0.15) is 47.8 Å². The largest absolute Gasteiger partial charge is 0.504 e. The molecule has 0 radical (unpaired) electrons. The Morgan fingerprint density at radius 3 is 2.39 bits per heavy atom. The first kappa shape index (κ1) is 23.1. The molecule has 0 bridgehead atoms. The van der Waals surface area contributed by atoms with Crippen LogP contribution in [0.2, 0.25) is 5.02 Å². The number of rotatable bonds is 5. The lowest BCUT2D eigenvalue weighted by atomic mass is 9.93. The Labute approximate surface area is 194 Å². The summed E-state index contributed by atoms with van der Waals surface area (Å²) in [6, 6.07) is 17.1. The Hall–Kier alpha value is -3.03. The van der Waals surface area contributed by atoms with Crippen molar-refractivity contribution in [1.29, 1.82) is 0 Å². The number of halogens is 4. The highest BCUT2D eigenvalue weighted by Gasteiger charge is 2.32. The molecule has 2 atom stereocenters. The first-order valence-corrected chi connectivity index (χ1v) is 10.8. The molecule has 1 aliphatic heterocycles. The molecular formula is C25H22ClF3N2O2. The van der Waals surface area contributed by atoms with Crippen LogP contribution in [-0.4, -0.2) is 17.4 Å². The molecule has 4 rings (SSSR count). The second-order valence-electron chi connectivity index (χ2n) is 7.66. The monoisotopic (exact) mass is 474 g/mol. The number of aromatic hydroxyl groups is 1. The third-order valence-electron chi connectivity index (χ3n) is 5.48. The van der Waals surface area contributed by atoms with Crippen molar-refractivity contribution < 1.29 is 23.0 Å². The number of ether oxygens (including phenoxy) is 1. The van der Waals surface area contributed by atoms with Crippen molar-refractivity contribution in [2.45, 2.75) is 31.7 Å². The Balaban J connectivity index is 1.73. The number of phenols is 1. The molecule has 2 unspecified atom stereocenters. The summed E-state index contributed by atoms with van der Waals surface area (Å²) in [5, 5.41) is 14.7. The maximum absolute atomic E-state index is 13.0. The Bertz CT molecular complexity index is 1150. The van der Waals surface area contributed by atoms with Gasteiger partial charge in [0.25, 0.3) is 0 Å². The number of nitrogens with one attached hydrogen (secondary N) is 1. The molecule has 2 N–H and O–H groups in total. The molecule has 0 spiro atoms. The lowest BCUT2D eigenvalue weighted by molar-refractivity contribution is -0.137. The van der Waals surface area contributed by atoms with E-state index in [4.69, 9.17) is 21.3 Å². The molecule has 0 saturated carbocycles. The van der Waals surface area contributed by atoms with Crippen LogP contribution in [0.15, 0.2) is 71.7 Å². The van der Waals surface area contributed by atoms with Gasteiger partial charge in [0.05, 0.1) is 12.2 Å². The maximum Gasteiger partial charge on any atom is 0.416 e. The molecular weight excluding hydrogens is 453 g/mol. The van der Waals surface area contributed by atoms with Crippen LogP contribution in [0.5, 0.6) is 11.5 Å². The van der Waals surface area contributed by atoms with E-state index in [1.807, 2.05) is 19.1 Å². The van der Waals surface area contributed by atoms with E-state index < -0.39 is 17.9 Å². The van der Waals surface area contributed by atoms with Crippen molar-refractivity contribution in [1.82, 2.24) is 5.32 Å². The van der Waals surface area contributed by atoms with Crippen molar-refractivity contribution in [3.8, 4) is 11.5 Å². The number of para-hydroxylation sites is 1. The van der Waals surface area contributed by atoms with Crippen LogP contribution < -0.4 is 10.1 Å². The first-order valence-electron chi connectivity index (χ1n) is 10.5. The van der Waals surface area contributed by atoms with Gasteiger partial charge in [-0.25, -0.2) is 0 Å². The molecule has 3 aromatic rings. The number of hydrogen-bond donors (Lipinski definition) is 2. The van der Waals surface area contributed by atoms with Crippen molar-refractivity contribution in [3.05, 3.63) is 94.0 Å². The van der Waals surface area contributed by atoms with Crippen LogP contribution in [0.4, 0.5) is 13.2 Å². The van der Waals surface area contributed by atoms with Gasteiger partial charge in [-0.1, -0.05) is 48.0 Å². The minimum Gasteiger partial charge on any atom is -0.504 e. The van der Waals surface area contributed by atoms with Gasteiger partial charge in [-0.05, 0) is 48.4 Å². The predicted molar refractivity (Wildman–Crippen MR) is 122 cm³/mol. The summed E-state index contributed by atoms with van der Waals surface area (Å²) in [5.74, 6) is 0.402. The highest BCUT2D eigenvalue weighted by Crippen LogP contribution is 2.39. The van der Waals surface area contributed by atoms with Crippen LogP contribution in [0, 0.1) is 0 Å². The Morgan fingerprint density at radius 2 is 1.76 bits per heavy atom. The first-order chi connectivity index (χ1) is 15.8. The second kappa shape index (κ2) is 9.45. The van der Waals surface area contributed by atoms with Crippen LogP contribution in [0.25, 0.3) is 0 Å². The quantitative estimate of drug-likeness (QED) is 0.433. The molecule has 0 fully saturated rings. The summed E-state index contributed by atoms with van der Waals surface area (Å²) in [6.45, 7) is 2.23. The summed E-state index contributed by atoms with van der Waals surface area (Å²) >= 11 is 6.03. The molecule has 33 heavy (non-hydrogen) atoms. The molecule has 0 saturated heterocycles. The summed E-state index contributed by atoms with van der Waals surface area (Å²) in [7, 11) is 0. The van der Waals surface area contributed by atoms with Gasteiger partial charge in [0.1, 0.15) is 6.17 Å². The fourth-order valence-corrected chi connectivity index (χ4v) is 3.97. The number of aliphatic imine (C=N–C) groups is 1. The van der Waals surface area contributed by atoms with E-state index in [9.17, 15) is 18.3 Å². The molecule has 0 amide bonds. The number of nitrogens with zero attached hydrogens (tertiary/aromatic N) is 1. The number of alkyl halides is 3. The normalized spacial score (nSPS) is 18.6. The highest BCUT2D eigenvalue weighted by molar-refractivity contribution is 6.30. The van der Waals surface area contributed by atoms with Crippen LogP contribution in [0.3, 0.4) is 0 Å². The van der Waals surface area contributed by atoms with E-state index in [-0.39, 0.29) is 11.8 Å². The molecule has 0 aliphatic carbocycles. The number of hydrogen-bond acceptors (Lipinski definition) is 4. The van der Waals surface area contributed by atoms with Crippen molar-refractivity contribution in [2.75, 3.05) is 6.61 Å². The van der Waals surface area contributed by atoms with Gasteiger partial charge in [-0.3, -0.25) is 10.3 Å². The fourth-order valence-electron chi connectivity index (χ4n) is 3.84. The van der Waals surface area contributed by atoms with Gasteiger partial charge in [0, 0.05) is 28.8 Å². The Morgan fingerprint density at radius 1 is 1.06 bits per heavy atom. The van der Waals surface area contributed by atoms with Crippen LogP contribution >= 0.6 is 11.6 Å². The summed E-state index contributed by atoms with van der Waals surface area (Å²) < 4.78 is 44.6. The zero-order chi connectivity index (χ0) is 23.6. The zero-order valence-corrected chi connectivity index (χ0v) is 18.5. The lowest BCUT2D eigenvalue weighted by Crippen LogP contribution is -2.33. The zero-order valence-electron chi connectivity index (χ0n) is 17.7. The number of phenolic OH excluding ortho intramolecular Hbond substituents is 1. The molecule has 4 nitrogen and oxygen atoms in total. The van der Waals surface area contributed by atoms with Gasteiger partial charge >= 0.3 is 6.18 Å². The topological polar surface area (TPSA) is 53.8 Å². The highest BCUT2D eigenvalue weighted by atomic mass is 35.5. The second-order valence-corrected chi connectivity index (χ2v) is 8.09. The van der Waals surface area contributed by atoms with Crippen molar-refractivity contribution >= 4 is 17.3 Å². The van der Waals surface area contributed by atoms with Crippen molar-refractivity contribution in [3.63, 3.8) is 0 Å². The fraction of sp³-hybridized carbons (Fsp3) is 0.240. The summed E-state index contributed by atoms with van der Waals surface area (Å²) in [4.78, 5) is 4.78. The molecule has 3 aromatic carbocycles. The van der Waals surface area contributed by atoms with E-state index in [0.717, 1.165) is 23.4 Å². The standard InChI is InChI=1S/C25H22ClF3N2O2/c1-2-33-22-5-3-4-19(23(22)32)21-14-20(15-8-12-18(26)13-9-15)30-24(31-21)16-6-10-17(11-7-16)25(27,28)29/h3-13,21,24,31-32H,2,14H2,1H3. The predicted octanol–water partition coefficient (Wildman–Crippen LogP) is 6.69. The third kappa shape index (κ3) is 5.15. The summed E-state index contributed by atoms with van der Waals surface area (Å²) in [6.07, 6.45) is -4.56. The smallest absolute Gasteiger partial charge is 0.416 e. The lowest BCUT2D eigenvalue weighted by Gasteiger charge is -2.31. The van der Waals surface area contributed by atoms with E-state index in [1.54, 1.807) is 30.3 Å². The van der Waals surface area contributed by atoms with Gasteiger partial charge in [-0.2, -0.15) is 13.2 Å². The van der Waals surface area contributed by atoms with E-state index in [1.165, 1.54) is 12.1 Å². The molecule has 8 heteroatoms. The average Bonchev–Trinajstić information content (AvgIpc) is 2.80. The molecule has 1 heterocycles. The third-order valence-corrected chi connectivity index (χ3v) is 5.73. The van der Waals surface area contributed by atoms with Gasteiger partial charge in [-0.15, -0.1) is 0 Å². The maximum atomic E-state index is 13.0.